The summed E-state index contributed by atoms with van der Waals surface area (Å²) in [7, 11) is 1.31. The maximum absolute atomic E-state index is 11.8. The molecule has 5 heteroatoms. The zero-order valence-electron chi connectivity index (χ0n) is 8.57. The summed E-state index contributed by atoms with van der Waals surface area (Å²) in [6.07, 6.45) is 0. The Bertz CT molecular complexity index is 404. The number of esters is 1. The Morgan fingerprint density at radius 2 is 2.00 bits per heavy atom. The van der Waals surface area contributed by atoms with Gasteiger partial charge in [0.1, 0.15) is 0 Å². The second kappa shape index (κ2) is 6.15. The van der Waals surface area contributed by atoms with Gasteiger partial charge >= 0.3 is 5.97 Å². The molecule has 1 aromatic rings. The molecule has 86 valence electrons. The molecule has 1 aromatic carbocycles. The van der Waals surface area contributed by atoms with Crippen LogP contribution in [0.5, 0.6) is 0 Å². The fraction of sp³-hybridized carbons (Fsp3) is 0.273. The summed E-state index contributed by atoms with van der Waals surface area (Å²) in [5, 5.41) is 0.522. The van der Waals surface area contributed by atoms with Crippen molar-refractivity contribution >= 4 is 43.6 Å². The van der Waals surface area contributed by atoms with Gasteiger partial charge in [-0.05, 0) is 12.1 Å². The Balaban J connectivity index is 2.99. The third kappa shape index (κ3) is 3.15. The number of benzene rings is 1. The maximum atomic E-state index is 11.8. The third-order valence-corrected chi connectivity index (χ3v) is 4.24. The van der Waals surface area contributed by atoms with Gasteiger partial charge in [-0.1, -0.05) is 44.0 Å². The van der Waals surface area contributed by atoms with E-state index in [1.54, 1.807) is 18.2 Å². The van der Waals surface area contributed by atoms with E-state index in [9.17, 15) is 9.59 Å². The molecule has 0 spiro atoms. The van der Waals surface area contributed by atoms with Crippen LogP contribution in [0.25, 0.3) is 0 Å². The Hall–Kier alpha value is -0.680. The summed E-state index contributed by atoms with van der Waals surface area (Å²) in [5.74, 6) is -0.512. The molecule has 0 aliphatic heterocycles. The number of alkyl halides is 2. The van der Waals surface area contributed by atoms with E-state index in [-0.39, 0.29) is 10.6 Å². The summed E-state index contributed by atoms with van der Waals surface area (Å²) < 4.78 is 4.59. The number of halogens is 2. The fourth-order valence-electron chi connectivity index (χ4n) is 1.17. The number of methoxy groups -OCH3 is 1. The zero-order chi connectivity index (χ0) is 12.1. The lowest BCUT2D eigenvalue weighted by atomic mass is 10.1. The molecule has 0 aliphatic rings. The molecule has 0 amide bonds. The van der Waals surface area contributed by atoms with Gasteiger partial charge in [0.25, 0.3) is 0 Å². The summed E-state index contributed by atoms with van der Waals surface area (Å²) >= 11 is 6.46. The lowest BCUT2D eigenvalue weighted by Gasteiger charge is -2.06. The molecule has 0 aliphatic carbocycles. The Labute approximate surface area is 110 Å². The van der Waals surface area contributed by atoms with Gasteiger partial charge in [-0.15, -0.1) is 0 Å². The number of carbonyl (C=O) groups excluding carboxylic acids is 2. The number of carbonyl (C=O) groups is 2. The molecule has 0 radical (unpaired) electrons. The van der Waals surface area contributed by atoms with Crippen molar-refractivity contribution in [3.05, 3.63) is 35.4 Å². The van der Waals surface area contributed by atoms with Crippen molar-refractivity contribution in [1.29, 1.82) is 0 Å². The number of rotatable bonds is 4. The molecule has 3 nitrogen and oxygen atoms in total. The van der Waals surface area contributed by atoms with Crippen LogP contribution in [0.2, 0.25) is 0 Å². The van der Waals surface area contributed by atoms with Crippen molar-refractivity contribution in [2.24, 2.45) is 0 Å². The number of ketones is 1. The number of hydrogen-bond donors (Lipinski definition) is 0. The lowest BCUT2D eigenvalue weighted by Crippen LogP contribution is -2.16. The molecule has 0 saturated heterocycles. The van der Waals surface area contributed by atoms with Crippen LogP contribution < -0.4 is 0 Å². The SMILES string of the molecule is COC(=O)c1cccc(C(=O)C(Br)CBr)c1. The first-order chi connectivity index (χ1) is 7.60. The number of hydrogen-bond acceptors (Lipinski definition) is 3. The van der Waals surface area contributed by atoms with Gasteiger partial charge in [-0.25, -0.2) is 4.79 Å². The van der Waals surface area contributed by atoms with Crippen molar-refractivity contribution in [3.8, 4) is 0 Å². The van der Waals surface area contributed by atoms with Crippen molar-refractivity contribution in [2.45, 2.75) is 4.83 Å². The molecule has 0 heterocycles. The van der Waals surface area contributed by atoms with Gasteiger partial charge in [0.15, 0.2) is 5.78 Å². The second-order valence-corrected chi connectivity index (χ2v) is 4.81. The Morgan fingerprint density at radius 3 is 2.56 bits per heavy atom. The Morgan fingerprint density at radius 1 is 1.38 bits per heavy atom. The monoisotopic (exact) mass is 348 g/mol. The largest absolute Gasteiger partial charge is 0.465 e. The molecule has 0 bridgehead atoms. The molecule has 1 unspecified atom stereocenters. The van der Waals surface area contributed by atoms with Crippen LogP contribution in [0.4, 0.5) is 0 Å². The topological polar surface area (TPSA) is 43.4 Å². The van der Waals surface area contributed by atoms with E-state index in [0.29, 0.717) is 16.5 Å². The van der Waals surface area contributed by atoms with Gasteiger partial charge in [-0.3, -0.25) is 4.79 Å². The first kappa shape index (κ1) is 13.4. The predicted octanol–water partition coefficient (Wildman–Crippen LogP) is 2.81. The van der Waals surface area contributed by atoms with Crippen LogP contribution in [0.1, 0.15) is 20.7 Å². The summed E-state index contributed by atoms with van der Waals surface area (Å²) in [5.41, 5.74) is 0.867. The third-order valence-electron chi connectivity index (χ3n) is 1.99. The normalized spacial score (nSPS) is 11.9. The molecular weight excluding hydrogens is 340 g/mol. The number of Topliss-reactive ketones (excluding diaryl/α,β-unsaturated/α-hetero) is 1. The van der Waals surface area contributed by atoms with Crippen LogP contribution >= 0.6 is 31.9 Å². The highest BCUT2D eigenvalue weighted by Crippen LogP contribution is 2.14. The van der Waals surface area contributed by atoms with E-state index < -0.39 is 5.97 Å². The predicted molar refractivity (Wildman–Crippen MR) is 68.6 cm³/mol. The quantitative estimate of drug-likeness (QED) is 0.477. The molecule has 0 fully saturated rings. The Kier molecular flexibility index (Phi) is 5.15. The maximum Gasteiger partial charge on any atom is 0.337 e. The average molecular weight is 350 g/mol. The van der Waals surface area contributed by atoms with Crippen molar-refractivity contribution < 1.29 is 14.3 Å². The summed E-state index contributed by atoms with van der Waals surface area (Å²) in [4.78, 5) is 22.8. The first-order valence-corrected chi connectivity index (χ1v) is 6.56. The molecule has 1 rings (SSSR count). The highest BCUT2D eigenvalue weighted by molar-refractivity contribution is 9.12. The standard InChI is InChI=1S/C11H10Br2O3/c1-16-11(15)8-4-2-3-7(5-8)10(14)9(13)6-12/h2-5,9H,6H2,1H3. The van der Waals surface area contributed by atoms with Crippen LogP contribution in [0.3, 0.4) is 0 Å². The number of ether oxygens (including phenoxy) is 1. The van der Waals surface area contributed by atoms with Crippen LogP contribution in [0.15, 0.2) is 24.3 Å². The van der Waals surface area contributed by atoms with Gasteiger partial charge < -0.3 is 4.74 Å². The fourth-order valence-corrected chi connectivity index (χ4v) is 1.73. The van der Waals surface area contributed by atoms with Crippen molar-refractivity contribution in [2.75, 3.05) is 12.4 Å². The second-order valence-electron chi connectivity index (χ2n) is 3.06. The smallest absolute Gasteiger partial charge is 0.337 e. The van der Waals surface area contributed by atoms with E-state index in [2.05, 4.69) is 36.6 Å². The molecular formula is C11H10Br2O3. The highest BCUT2D eigenvalue weighted by Gasteiger charge is 2.17. The molecule has 1 atom stereocenters. The lowest BCUT2D eigenvalue weighted by molar-refractivity contribution is 0.0600. The van der Waals surface area contributed by atoms with Crippen molar-refractivity contribution in [1.82, 2.24) is 0 Å². The van der Waals surface area contributed by atoms with E-state index in [1.807, 2.05) is 0 Å². The van der Waals surface area contributed by atoms with Gasteiger partial charge in [-0.2, -0.15) is 0 Å². The minimum Gasteiger partial charge on any atom is -0.465 e. The first-order valence-electron chi connectivity index (χ1n) is 4.52. The van der Waals surface area contributed by atoms with Crippen LogP contribution in [0, 0.1) is 0 Å². The molecule has 0 N–H and O–H groups in total. The van der Waals surface area contributed by atoms with E-state index in [1.165, 1.54) is 13.2 Å². The molecule has 0 aromatic heterocycles. The van der Waals surface area contributed by atoms with Gasteiger partial charge in [0, 0.05) is 10.9 Å². The van der Waals surface area contributed by atoms with Crippen LogP contribution in [-0.4, -0.2) is 29.0 Å². The van der Waals surface area contributed by atoms with Crippen LogP contribution in [-0.2, 0) is 4.74 Å². The summed E-state index contributed by atoms with van der Waals surface area (Å²) in [6, 6.07) is 6.48. The minimum atomic E-state index is -0.445. The van der Waals surface area contributed by atoms with Crippen molar-refractivity contribution in [3.63, 3.8) is 0 Å². The van der Waals surface area contributed by atoms with E-state index >= 15 is 0 Å². The minimum absolute atomic E-state index is 0.0670. The average Bonchev–Trinajstić information content (AvgIpc) is 2.36. The van der Waals surface area contributed by atoms with E-state index in [4.69, 9.17) is 0 Å². The van der Waals surface area contributed by atoms with Gasteiger partial charge in [0.05, 0.1) is 17.5 Å². The highest BCUT2D eigenvalue weighted by atomic mass is 79.9. The molecule has 16 heavy (non-hydrogen) atoms. The van der Waals surface area contributed by atoms with E-state index in [0.717, 1.165) is 0 Å². The molecule has 0 saturated carbocycles. The summed E-state index contributed by atoms with van der Waals surface area (Å²) in [6.45, 7) is 0. The zero-order valence-corrected chi connectivity index (χ0v) is 11.7. The van der Waals surface area contributed by atoms with Gasteiger partial charge in [0.2, 0.25) is 0 Å².